The quantitative estimate of drug-likeness (QED) is 0.851. The second-order valence-corrected chi connectivity index (χ2v) is 4.88. The van der Waals surface area contributed by atoms with Gasteiger partial charge in [-0.2, -0.15) is 0 Å². The van der Waals surface area contributed by atoms with Crippen molar-refractivity contribution >= 4 is 17.3 Å². The van der Waals surface area contributed by atoms with Gasteiger partial charge in [-0.3, -0.25) is 0 Å². The lowest BCUT2D eigenvalue weighted by atomic mass is 10.0. The van der Waals surface area contributed by atoms with Crippen molar-refractivity contribution in [2.75, 3.05) is 5.32 Å². The largest absolute Gasteiger partial charge is 0.508 e. The van der Waals surface area contributed by atoms with Gasteiger partial charge in [0.1, 0.15) is 5.75 Å². The standard InChI is InChI=1S/C15H16ClNO/c1-10-6-7-15(18)14(8-10)11(2)17-13-5-3-4-12(16)9-13/h3-9,11,17-18H,1-2H3. The molecule has 0 spiro atoms. The highest BCUT2D eigenvalue weighted by atomic mass is 35.5. The van der Waals surface area contributed by atoms with Gasteiger partial charge >= 0.3 is 0 Å². The Labute approximate surface area is 112 Å². The van der Waals surface area contributed by atoms with Crippen molar-refractivity contribution in [1.82, 2.24) is 0 Å². The molecule has 0 aliphatic rings. The molecule has 2 nitrogen and oxygen atoms in total. The SMILES string of the molecule is Cc1ccc(O)c(C(C)Nc2cccc(Cl)c2)c1. The zero-order chi connectivity index (χ0) is 13.1. The van der Waals surface area contributed by atoms with Crippen LogP contribution in [0.25, 0.3) is 0 Å². The molecular formula is C15H16ClNO. The molecule has 2 aromatic carbocycles. The monoisotopic (exact) mass is 261 g/mol. The van der Waals surface area contributed by atoms with E-state index in [2.05, 4.69) is 5.32 Å². The minimum atomic E-state index is 0.0170. The number of halogens is 1. The summed E-state index contributed by atoms with van der Waals surface area (Å²) in [5.74, 6) is 0.308. The van der Waals surface area contributed by atoms with Crippen LogP contribution in [0.4, 0.5) is 5.69 Å². The number of nitrogens with one attached hydrogen (secondary N) is 1. The van der Waals surface area contributed by atoms with Crippen molar-refractivity contribution in [1.29, 1.82) is 0 Å². The van der Waals surface area contributed by atoms with Gasteiger partial charge in [-0.1, -0.05) is 35.4 Å². The van der Waals surface area contributed by atoms with Crippen molar-refractivity contribution in [2.45, 2.75) is 19.9 Å². The van der Waals surface area contributed by atoms with Crippen molar-refractivity contribution in [3.05, 3.63) is 58.6 Å². The molecule has 0 radical (unpaired) electrons. The van der Waals surface area contributed by atoms with Crippen LogP contribution < -0.4 is 5.32 Å². The van der Waals surface area contributed by atoms with Crippen LogP contribution in [0.5, 0.6) is 5.75 Å². The number of aromatic hydroxyl groups is 1. The van der Waals surface area contributed by atoms with Gasteiger partial charge < -0.3 is 10.4 Å². The lowest BCUT2D eigenvalue weighted by Gasteiger charge is -2.17. The van der Waals surface area contributed by atoms with Crippen LogP contribution in [-0.2, 0) is 0 Å². The van der Waals surface area contributed by atoms with Crippen molar-refractivity contribution in [2.24, 2.45) is 0 Å². The summed E-state index contributed by atoms with van der Waals surface area (Å²) in [6, 6.07) is 13.2. The van der Waals surface area contributed by atoms with Crippen LogP contribution >= 0.6 is 11.6 Å². The first-order valence-electron chi connectivity index (χ1n) is 5.88. The zero-order valence-electron chi connectivity index (χ0n) is 10.4. The Morgan fingerprint density at radius 3 is 2.67 bits per heavy atom. The number of hydrogen-bond donors (Lipinski definition) is 2. The molecule has 1 unspecified atom stereocenters. The maximum atomic E-state index is 9.87. The second-order valence-electron chi connectivity index (χ2n) is 4.44. The molecule has 0 aromatic heterocycles. The van der Waals surface area contributed by atoms with E-state index < -0.39 is 0 Å². The molecule has 0 aliphatic carbocycles. The molecule has 0 bridgehead atoms. The number of phenols is 1. The molecule has 0 saturated heterocycles. The predicted octanol–water partition coefficient (Wildman–Crippen LogP) is 4.53. The van der Waals surface area contributed by atoms with E-state index in [9.17, 15) is 5.11 Å². The third-order valence-electron chi connectivity index (χ3n) is 2.86. The van der Waals surface area contributed by atoms with E-state index in [1.165, 1.54) is 0 Å². The maximum Gasteiger partial charge on any atom is 0.120 e. The van der Waals surface area contributed by atoms with Crippen LogP contribution in [0.15, 0.2) is 42.5 Å². The summed E-state index contributed by atoms with van der Waals surface area (Å²) >= 11 is 5.94. The maximum absolute atomic E-state index is 9.87. The first-order chi connectivity index (χ1) is 8.56. The molecule has 0 saturated carbocycles. The molecule has 2 rings (SSSR count). The summed E-state index contributed by atoms with van der Waals surface area (Å²) in [6.45, 7) is 4.02. The molecule has 18 heavy (non-hydrogen) atoms. The van der Waals surface area contributed by atoms with E-state index in [4.69, 9.17) is 11.6 Å². The Bertz CT molecular complexity index is 554. The van der Waals surface area contributed by atoms with Gasteiger partial charge in [-0.05, 0) is 38.1 Å². The molecule has 0 aliphatic heterocycles. The van der Waals surface area contributed by atoms with Crippen LogP contribution in [-0.4, -0.2) is 5.11 Å². The van der Waals surface area contributed by atoms with Crippen molar-refractivity contribution in [3.63, 3.8) is 0 Å². The van der Waals surface area contributed by atoms with Crippen molar-refractivity contribution in [3.8, 4) is 5.75 Å². The number of hydrogen-bond acceptors (Lipinski definition) is 2. The Kier molecular flexibility index (Phi) is 3.78. The summed E-state index contributed by atoms with van der Waals surface area (Å²) < 4.78 is 0. The normalized spacial score (nSPS) is 12.2. The summed E-state index contributed by atoms with van der Waals surface area (Å²) in [4.78, 5) is 0. The predicted molar refractivity (Wildman–Crippen MR) is 76.3 cm³/mol. The van der Waals surface area contributed by atoms with Crippen molar-refractivity contribution < 1.29 is 5.11 Å². The highest BCUT2D eigenvalue weighted by molar-refractivity contribution is 6.30. The van der Waals surface area contributed by atoms with Crippen LogP contribution in [0.2, 0.25) is 5.02 Å². The second kappa shape index (κ2) is 5.32. The van der Waals surface area contributed by atoms with Crippen LogP contribution in [0, 0.1) is 6.92 Å². The fourth-order valence-corrected chi connectivity index (χ4v) is 2.12. The van der Waals surface area contributed by atoms with Crippen LogP contribution in [0.3, 0.4) is 0 Å². The Morgan fingerprint density at radius 1 is 1.17 bits per heavy atom. The number of phenolic OH excluding ortho intramolecular Hbond substituents is 1. The lowest BCUT2D eigenvalue weighted by molar-refractivity contribution is 0.465. The third kappa shape index (κ3) is 2.96. The number of anilines is 1. The van der Waals surface area contributed by atoms with E-state index in [1.54, 1.807) is 6.07 Å². The first kappa shape index (κ1) is 12.8. The molecule has 0 fully saturated rings. The van der Waals surface area contributed by atoms with Gasteiger partial charge in [-0.25, -0.2) is 0 Å². The van der Waals surface area contributed by atoms with Gasteiger partial charge in [0.05, 0.1) is 6.04 Å². The van der Waals surface area contributed by atoms with Gasteiger partial charge in [0.15, 0.2) is 0 Å². The van der Waals surface area contributed by atoms with Gasteiger partial charge in [-0.15, -0.1) is 0 Å². The molecule has 0 amide bonds. The van der Waals surface area contributed by atoms with E-state index in [0.717, 1.165) is 16.8 Å². The summed E-state index contributed by atoms with van der Waals surface area (Å²) in [6.07, 6.45) is 0. The van der Waals surface area contributed by atoms with Gasteiger partial charge in [0.25, 0.3) is 0 Å². The lowest BCUT2D eigenvalue weighted by Crippen LogP contribution is -2.07. The van der Waals surface area contributed by atoms with Crippen LogP contribution in [0.1, 0.15) is 24.1 Å². The Balaban J connectivity index is 2.21. The molecule has 1 atom stereocenters. The fraction of sp³-hybridized carbons (Fsp3) is 0.200. The average Bonchev–Trinajstić information content (AvgIpc) is 2.32. The Hall–Kier alpha value is -1.67. The van der Waals surface area contributed by atoms with E-state index in [-0.39, 0.29) is 6.04 Å². The minimum absolute atomic E-state index is 0.0170. The van der Waals surface area contributed by atoms with E-state index in [1.807, 2.05) is 50.2 Å². The number of rotatable bonds is 3. The van der Waals surface area contributed by atoms with E-state index in [0.29, 0.717) is 10.8 Å². The summed E-state index contributed by atoms with van der Waals surface area (Å²) in [7, 11) is 0. The number of aryl methyl sites for hydroxylation is 1. The van der Waals surface area contributed by atoms with Gasteiger partial charge in [0.2, 0.25) is 0 Å². The highest BCUT2D eigenvalue weighted by Crippen LogP contribution is 2.28. The average molecular weight is 262 g/mol. The molecule has 0 heterocycles. The zero-order valence-corrected chi connectivity index (χ0v) is 11.2. The first-order valence-corrected chi connectivity index (χ1v) is 6.25. The smallest absolute Gasteiger partial charge is 0.120 e. The molecule has 94 valence electrons. The topological polar surface area (TPSA) is 32.3 Å². The summed E-state index contributed by atoms with van der Waals surface area (Å²) in [5, 5.41) is 13.9. The molecule has 3 heteroatoms. The molecule has 2 N–H and O–H groups in total. The van der Waals surface area contributed by atoms with E-state index >= 15 is 0 Å². The Morgan fingerprint density at radius 2 is 1.94 bits per heavy atom. The fourth-order valence-electron chi connectivity index (χ4n) is 1.93. The molecule has 2 aromatic rings. The highest BCUT2D eigenvalue weighted by Gasteiger charge is 2.10. The third-order valence-corrected chi connectivity index (χ3v) is 3.09. The number of benzene rings is 2. The molecular weight excluding hydrogens is 246 g/mol. The summed E-state index contributed by atoms with van der Waals surface area (Å²) in [5.41, 5.74) is 2.95. The minimum Gasteiger partial charge on any atom is -0.508 e. The van der Waals surface area contributed by atoms with Gasteiger partial charge in [0, 0.05) is 16.3 Å².